The molecule has 2 heteroatoms. The van der Waals surface area contributed by atoms with E-state index in [0.717, 1.165) is 6.42 Å². The van der Waals surface area contributed by atoms with Gasteiger partial charge in [0.05, 0.1) is 18.3 Å². The van der Waals surface area contributed by atoms with Crippen molar-refractivity contribution in [2.75, 3.05) is 0 Å². The number of aliphatic hydroxyl groups is 1. The van der Waals surface area contributed by atoms with Gasteiger partial charge in [-0.1, -0.05) is 6.92 Å². The molecule has 0 aromatic rings. The van der Waals surface area contributed by atoms with E-state index in [4.69, 9.17) is 4.74 Å². The van der Waals surface area contributed by atoms with E-state index in [1.165, 1.54) is 0 Å². The molecule has 1 aliphatic heterocycles. The molecule has 1 saturated heterocycles. The van der Waals surface area contributed by atoms with Gasteiger partial charge in [-0.05, 0) is 26.2 Å². The average molecular weight is 144 g/mol. The van der Waals surface area contributed by atoms with E-state index in [9.17, 15) is 5.11 Å². The zero-order chi connectivity index (χ0) is 7.72. The Kier molecular flexibility index (Phi) is 2.32. The summed E-state index contributed by atoms with van der Waals surface area (Å²) >= 11 is 0. The fraction of sp³-hybridized carbons (Fsp3) is 1.00. The van der Waals surface area contributed by atoms with Gasteiger partial charge < -0.3 is 9.84 Å². The molecule has 0 unspecified atom stereocenters. The molecule has 4 atom stereocenters. The number of hydrogen-bond acceptors (Lipinski definition) is 2. The molecule has 0 radical (unpaired) electrons. The fourth-order valence-corrected chi connectivity index (χ4v) is 1.63. The van der Waals surface area contributed by atoms with E-state index >= 15 is 0 Å². The van der Waals surface area contributed by atoms with Crippen LogP contribution in [0, 0.1) is 5.92 Å². The van der Waals surface area contributed by atoms with Crippen molar-refractivity contribution in [2.24, 2.45) is 5.92 Å². The highest BCUT2D eigenvalue weighted by Gasteiger charge is 2.29. The average Bonchev–Trinajstić information content (AvgIpc) is 1.82. The molecule has 1 heterocycles. The Morgan fingerprint density at radius 3 is 2.40 bits per heavy atom. The molecule has 60 valence electrons. The Hall–Kier alpha value is -0.0800. The maximum atomic E-state index is 9.44. The summed E-state index contributed by atoms with van der Waals surface area (Å²) in [5.74, 6) is 0.388. The summed E-state index contributed by atoms with van der Waals surface area (Å²) in [6.45, 7) is 6.05. The second kappa shape index (κ2) is 2.89. The van der Waals surface area contributed by atoms with Gasteiger partial charge in [-0.25, -0.2) is 0 Å². The molecular weight excluding hydrogens is 128 g/mol. The third-order valence-electron chi connectivity index (χ3n) is 2.21. The van der Waals surface area contributed by atoms with Crippen LogP contribution in [0.5, 0.6) is 0 Å². The van der Waals surface area contributed by atoms with Crippen LogP contribution in [0.3, 0.4) is 0 Å². The maximum absolute atomic E-state index is 9.44. The van der Waals surface area contributed by atoms with Gasteiger partial charge >= 0.3 is 0 Å². The number of ether oxygens (including phenoxy) is 1. The van der Waals surface area contributed by atoms with Gasteiger partial charge in [-0.2, -0.15) is 0 Å². The Morgan fingerprint density at radius 2 is 1.90 bits per heavy atom. The van der Waals surface area contributed by atoms with Crippen LogP contribution in [0.1, 0.15) is 27.2 Å². The summed E-state index contributed by atoms with van der Waals surface area (Å²) in [6, 6.07) is 0. The standard InChI is InChI=1S/C8H16O2/c1-5-4-6(2)10-7(3)8(5)9/h5-9H,4H2,1-3H3/t5-,6-,7-,8+/m0/s1. The van der Waals surface area contributed by atoms with Crippen LogP contribution in [-0.2, 0) is 4.74 Å². The van der Waals surface area contributed by atoms with E-state index in [1.54, 1.807) is 0 Å². The number of aliphatic hydroxyl groups excluding tert-OH is 1. The highest BCUT2D eigenvalue weighted by atomic mass is 16.5. The summed E-state index contributed by atoms with van der Waals surface area (Å²) in [5, 5.41) is 9.44. The number of rotatable bonds is 0. The summed E-state index contributed by atoms with van der Waals surface area (Å²) in [5.41, 5.74) is 0. The molecule has 1 aliphatic rings. The third-order valence-corrected chi connectivity index (χ3v) is 2.21. The minimum atomic E-state index is -0.267. The molecule has 0 amide bonds. The van der Waals surface area contributed by atoms with Gasteiger partial charge in [-0.3, -0.25) is 0 Å². The van der Waals surface area contributed by atoms with Gasteiger partial charge in [0.2, 0.25) is 0 Å². The Balaban J connectivity index is 2.49. The lowest BCUT2D eigenvalue weighted by molar-refractivity contribution is -0.126. The van der Waals surface area contributed by atoms with Crippen LogP contribution >= 0.6 is 0 Å². The van der Waals surface area contributed by atoms with Crippen LogP contribution in [-0.4, -0.2) is 23.4 Å². The zero-order valence-electron chi connectivity index (χ0n) is 6.87. The van der Waals surface area contributed by atoms with Crippen molar-refractivity contribution >= 4 is 0 Å². The quantitative estimate of drug-likeness (QED) is 0.553. The molecule has 0 aliphatic carbocycles. The summed E-state index contributed by atoms with van der Waals surface area (Å²) in [4.78, 5) is 0. The molecule has 0 aromatic carbocycles. The molecule has 1 N–H and O–H groups in total. The summed E-state index contributed by atoms with van der Waals surface area (Å²) < 4.78 is 5.42. The molecule has 0 saturated carbocycles. The molecular formula is C8H16O2. The van der Waals surface area contributed by atoms with Crippen LogP contribution in [0.2, 0.25) is 0 Å². The monoisotopic (exact) mass is 144 g/mol. The lowest BCUT2D eigenvalue weighted by Gasteiger charge is -2.34. The van der Waals surface area contributed by atoms with Gasteiger partial charge in [0.25, 0.3) is 0 Å². The predicted octanol–water partition coefficient (Wildman–Crippen LogP) is 1.18. The van der Waals surface area contributed by atoms with E-state index < -0.39 is 0 Å². The van der Waals surface area contributed by atoms with Gasteiger partial charge in [0.15, 0.2) is 0 Å². The van der Waals surface area contributed by atoms with Crippen molar-refractivity contribution in [3.63, 3.8) is 0 Å². The van der Waals surface area contributed by atoms with Crippen LogP contribution in [0.25, 0.3) is 0 Å². The van der Waals surface area contributed by atoms with Gasteiger partial charge in [0.1, 0.15) is 0 Å². The lowest BCUT2D eigenvalue weighted by atomic mass is 9.92. The first kappa shape index (κ1) is 8.02. The third kappa shape index (κ3) is 1.50. The molecule has 1 fully saturated rings. The Labute approximate surface area is 62.2 Å². The van der Waals surface area contributed by atoms with Gasteiger partial charge in [-0.15, -0.1) is 0 Å². The lowest BCUT2D eigenvalue weighted by Crippen LogP contribution is -2.41. The Morgan fingerprint density at radius 1 is 1.30 bits per heavy atom. The second-order valence-corrected chi connectivity index (χ2v) is 3.36. The molecule has 0 aromatic heterocycles. The van der Waals surface area contributed by atoms with E-state index in [2.05, 4.69) is 13.8 Å². The van der Waals surface area contributed by atoms with E-state index in [-0.39, 0.29) is 12.2 Å². The first-order valence-corrected chi connectivity index (χ1v) is 3.94. The minimum Gasteiger partial charge on any atom is -0.390 e. The smallest absolute Gasteiger partial charge is 0.0825 e. The predicted molar refractivity (Wildman–Crippen MR) is 39.8 cm³/mol. The maximum Gasteiger partial charge on any atom is 0.0825 e. The first-order valence-electron chi connectivity index (χ1n) is 3.94. The minimum absolute atomic E-state index is 0.0127. The zero-order valence-corrected chi connectivity index (χ0v) is 6.87. The normalized spacial score (nSPS) is 49.2. The van der Waals surface area contributed by atoms with E-state index in [1.807, 2.05) is 6.92 Å². The molecule has 2 nitrogen and oxygen atoms in total. The largest absolute Gasteiger partial charge is 0.390 e. The number of hydrogen-bond donors (Lipinski definition) is 1. The first-order chi connectivity index (χ1) is 4.61. The van der Waals surface area contributed by atoms with Crippen molar-refractivity contribution in [3.8, 4) is 0 Å². The molecule has 1 rings (SSSR count). The van der Waals surface area contributed by atoms with Crippen molar-refractivity contribution in [1.29, 1.82) is 0 Å². The molecule has 10 heavy (non-hydrogen) atoms. The molecule has 0 bridgehead atoms. The van der Waals surface area contributed by atoms with Crippen molar-refractivity contribution < 1.29 is 9.84 Å². The van der Waals surface area contributed by atoms with Crippen LogP contribution in [0.4, 0.5) is 0 Å². The summed E-state index contributed by atoms with van der Waals surface area (Å²) in [6.07, 6.45) is 1.04. The summed E-state index contributed by atoms with van der Waals surface area (Å²) in [7, 11) is 0. The topological polar surface area (TPSA) is 29.5 Å². The highest BCUT2D eigenvalue weighted by Crippen LogP contribution is 2.24. The van der Waals surface area contributed by atoms with Crippen molar-refractivity contribution in [3.05, 3.63) is 0 Å². The van der Waals surface area contributed by atoms with Crippen LogP contribution < -0.4 is 0 Å². The van der Waals surface area contributed by atoms with Crippen LogP contribution in [0.15, 0.2) is 0 Å². The Bertz CT molecular complexity index is 102. The SMILES string of the molecule is C[C@@H]1O[C@@H](C)C[C@H](C)[C@H]1O. The highest BCUT2D eigenvalue weighted by molar-refractivity contribution is 4.78. The van der Waals surface area contributed by atoms with Crippen molar-refractivity contribution in [2.45, 2.75) is 45.5 Å². The van der Waals surface area contributed by atoms with E-state index in [0.29, 0.717) is 12.0 Å². The fourth-order valence-electron chi connectivity index (χ4n) is 1.63. The second-order valence-electron chi connectivity index (χ2n) is 3.36. The molecule has 0 spiro atoms. The van der Waals surface area contributed by atoms with Gasteiger partial charge in [0, 0.05) is 0 Å². The van der Waals surface area contributed by atoms with Crippen molar-refractivity contribution in [1.82, 2.24) is 0 Å².